The summed E-state index contributed by atoms with van der Waals surface area (Å²) >= 11 is 0. The lowest BCUT2D eigenvalue weighted by atomic mass is 9.95. The number of nitro groups is 1. The first-order valence-corrected chi connectivity index (χ1v) is 6.62. The van der Waals surface area contributed by atoms with Crippen molar-refractivity contribution in [3.05, 3.63) is 33.9 Å². The van der Waals surface area contributed by atoms with Gasteiger partial charge in [-0.2, -0.15) is 0 Å². The molecule has 120 valence electrons. The van der Waals surface area contributed by atoms with Crippen LogP contribution in [0.5, 0.6) is 5.75 Å². The highest BCUT2D eigenvalue weighted by atomic mass is 35.5. The number of aliphatic hydroxyl groups excluding tert-OH is 1. The van der Waals surface area contributed by atoms with Crippen molar-refractivity contribution in [3.63, 3.8) is 0 Å². The van der Waals surface area contributed by atoms with Gasteiger partial charge >= 0.3 is 5.69 Å². The number of nitro benzene ring substituents is 1. The SMILES string of the molecule is COc1ccc([C@H](N)[C@H](O)CCC(C)C)cc1[N+](=O)[O-].Cl. The minimum absolute atomic E-state index is 0. The molecule has 0 amide bonds. The lowest BCUT2D eigenvalue weighted by molar-refractivity contribution is -0.385. The van der Waals surface area contributed by atoms with Gasteiger partial charge in [-0.05, 0) is 30.4 Å². The van der Waals surface area contributed by atoms with E-state index in [9.17, 15) is 15.2 Å². The van der Waals surface area contributed by atoms with E-state index in [1.165, 1.54) is 19.2 Å². The molecule has 0 fully saturated rings. The Bertz CT molecular complexity index is 468. The highest BCUT2D eigenvalue weighted by Crippen LogP contribution is 2.30. The van der Waals surface area contributed by atoms with Gasteiger partial charge in [0.2, 0.25) is 0 Å². The Morgan fingerprint density at radius 1 is 1.38 bits per heavy atom. The van der Waals surface area contributed by atoms with Crippen LogP contribution in [0, 0.1) is 16.0 Å². The van der Waals surface area contributed by atoms with Crippen LogP contribution in [0.3, 0.4) is 0 Å². The zero-order chi connectivity index (χ0) is 15.3. The second-order valence-electron chi connectivity index (χ2n) is 5.25. The Morgan fingerprint density at radius 2 is 2.00 bits per heavy atom. The number of aliphatic hydroxyl groups is 1. The Balaban J connectivity index is 0.00000400. The molecule has 0 aliphatic carbocycles. The molecular formula is C14H23ClN2O4. The maximum Gasteiger partial charge on any atom is 0.311 e. The lowest BCUT2D eigenvalue weighted by Gasteiger charge is -2.20. The highest BCUT2D eigenvalue weighted by Gasteiger charge is 2.22. The number of hydrogen-bond donors (Lipinski definition) is 2. The predicted octanol–water partition coefficient (Wildman–Crippen LogP) is 2.82. The van der Waals surface area contributed by atoms with Crippen LogP contribution in [-0.2, 0) is 0 Å². The molecule has 2 atom stereocenters. The first-order chi connectivity index (χ1) is 9.36. The molecule has 6 nitrogen and oxygen atoms in total. The van der Waals surface area contributed by atoms with Crippen LogP contribution in [0.4, 0.5) is 5.69 Å². The molecule has 21 heavy (non-hydrogen) atoms. The Hall–Kier alpha value is -1.37. The zero-order valence-corrected chi connectivity index (χ0v) is 13.3. The molecule has 0 spiro atoms. The summed E-state index contributed by atoms with van der Waals surface area (Å²) in [7, 11) is 1.37. The summed E-state index contributed by atoms with van der Waals surface area (Å²) in [5.41, 5.74) is 6.37. The van der Waals surface area contributed by atoms with Crippen molar-refractivity contribution in [2.75, 3.05) is 7.11 Å². The number of nitrogens with two attached hydrogens (primary N) is 1. The molecular weight excluding hydrogens is 296 g/mol. The molecule has 0 aromatic heterocycles. The highest BCUT2D eigenvalue weighted by molar-refractivity contribution is 5.85. The molecule has 3 N–H and O–H groups in total. The topological polar surface area (TPSA) is 98.6 Å². The van der Waals surface area contributed by atoms with E-state index < -0.39 is 17.1 Å². The average molecular weight is 319 g/mol. The number of rotatable bonds is 7. The summed E-state index contributed by atoms with van der Waals surface area (Å²) in [5.74, 6) is 0.657. The van der Waals surface area contributed by atoms with Gasteiger partial charge in [0.1, 0.15) is 0 Å². The maximum absolute atomic E-state index is 11.0. The summed E-state index contributed by atoms with van der Waals surface area (Å²) in [5, 5.41) is 21.0. The molecule has 0 saturated carbocycles. The van der Waals surface area contributed by atoms with Gasteiger partial charge in [-0.1, -0.05) is 19.9 Å². The number of ether oxygens (including phenoxy) is 1. The number of halogens is 1. The quantitative estimate of drug-likeness (QED) is 0.595. The largest absolute Gasteiger partial charge is 0.490 e. The molecule has 7 heteroatoms. The standard InChI is InChI=1S/C14H22N2O4.ClH/c1-9(2)4-6-12(17)14(15)10-5-7-13(20-3)11(8-10)16(18)19;/h5,7-9,12,14,17H,4,6,15H2,1-3H3;1H/t12-,14+;/m1./s1. The third kappa shape index (κ3) is 5.49. The molecule has 0 aliphatic heterocycles. The van der Waals surface area contributed by atoms with E-state index in [-0.39, 0.29) is 23.8 Å². The van der Waals surface area contributed by atoms with Gasteiger partial charge < -0.3 is 15.6 Å². The minimum atomic E-state index is -0.717. The fraction of sp³-hybridized carbons (Fsp3) is 0.571. The van der Waals surface area contributed by atoms with E-state index in [0.717, 1.165) is 6.42 Å². The van der Waals surface area contributed by atoms with Crippen molar-refractivity contribution in [1.29, 1.82) is 0 Å². The molecule has 0 heterocycles. The average Bonchev–Trinajstić information content (AvgIpc) is 2.42. The second-order valence-corrected chi connectivity index (χ2v) is 5.25. The zero-order valence-electron chi connectivity index (χ0n) is 12.5. The van der Waals surface area contributed by atoms with Crippen LogP contribution < -0.4 is 10.5 Å². The van der Waals surface area contributed by atoms with Crippen LogP contribution in [0.2, 0.25) is 0 Å². The van der Waals surface area contributed by atoms with E-state index in [1.54, 1.807) is 6.07 Å². The summed E-state index contributed by atoms with van der Waals surface area (Å²) in [4.78, 5) is 10.4. The third-order valence-electron chi connectivity index (χ3n) is 3.24. The molecule has 0 radical (unpaired) electrons. The Kier molecular flexibility index (Phi) is 8.24. The van der Waals surface area contributed by atoms with Gasteiger partial charge in [0, 0.05) is 6.07 Å². The molecule has 0 aliphatic rings. The molecule has 0 bridgehead atoms. The molecule has 1 aromatic carbocycles. The summed E-state index contributed by atoms with van der Waals surface area (Å²) in [6.45, 7) is 4.13. The summed E-state index contributed by atoms with van der Waals surface area (Å²) in [6, 6.07) is 3.87. The van der Waals surface area contributed by atoms with E-state index in [1.807, 2.05) is 0 Å². The third-order valence-corrected chi connectivity index (χ3v) is 3.24. The van der Waals surface area contributed by atoms with Gasteiger partial charge in [0.25, 0.3) is 0 Å². The van der Waals surface area contributed by atoms with Gasteiger partial charge in [0.05, 0.1) is 24.2 Å². The fourth-order valence-electron chi connectivity index (χ4n) is 1.96. The van der Waals surface area contributed by atoms with E-state index in [4.69, 9.17) is 10.5 Å². The summed E-state index contributed by atoms with van der Waals surface area (Å²) in [6.07, 6.45) is 0.705. The monoisotopic (exact) mass is 318 g/mol. The molecule has 0 unspecified atom stereocenters. The van der Waals surface area contributed by atoms with Crippen molar-refractivity contribution < 1.29 is 14.8 Å². The number of hydrogen-bond acceptors (Lipinski definition) is 5. The van der Waals surface area contributed by atoms with Crippen LogP contribution in [-0.4, -0.2) is 23.2 Å². The van der Waals surface area contributed by atoms with Crippen LogP contribution in [0.15, 0.2) is 18.2 Å². The van der Waals surface area contributed by atoms with E-state index in [2.05, 4.69) is 13.8 Å². The first-order valence-electron chi connectivity index (χ1n) is 6.62. The number of nitrogens with zero attached hydrogens (tertiary/aromatic N) is 1. The van der Waals surface area contributed by atoms with Crippen LogP contribution >= 0.6 is 12.4 Å². The first kappa shape index (κ1) is 19.6. The smallest absolute Gasteiger partial charge is 0.311 e. The fourth-order valence-corrected chi connectivity index (χ4v) is 1.96. The van der Waals surface area contributed by atoms with Crippen molar-refractivity contribution in [1.82, 2.24) is 0 Å². The molecule has 1 rings (SSSR count). The minimum Gasteiger partial charge on any atom is -0.490 e. The Labute approximate surface area is 130 Å². The van der Waals surface area contributed by atoms with Crippen molar-refractivity contribution >= 4 is 18.1 Å². The van der Waals surface area contributed by atoms with Gasteiger partial charge in [-0.15, -0.1) is 12.4 Å². The second kappa shape index (κ2) is 8.81. The van der Waals surface area contributed by atoms with Crippen LogP contribution in [0.1, 0.15) is 38.3 Å². The Morgan fingerprint density at radius 3 is 2.48 bits per heavy atom. The van der Waals surface area contributed by atoms with Crippen LogP contribution in [0.25, 0.3) is 0 Å². The van der Waals surface area contributed by atoms with Crippen molar-refractivity contribution in [2.24, 2.45) is 11.7 Å². The molecule has 1 aromatic rings. The molecule has 0 saturated heterocycles. The van der Waals surface area contributed by atoms with E-state index >= 15 is 0 Å². The van der Waals surface area contributed by atoms with Crippen molar-refractivity contribution in [3.8, 4) is 5.75 Å². The van der Waals surface area contributed by atoms with E-state index in [0.29, 0.717) is 17.9 Å². The van der Waals surface area contributed by atoms with Gasteiger partial charge in [-0.3, -0.25) is 10.1 Å². The maximum atomic E-state index is 11.0. The predicted molar refractivity (Wildman–Crippen MR) is 83.9 cm³/mol. The normalized spacial score (nSPS) is 13.4. The van der Waals surface area contributed by atoms with Crippen molar-refractivity contribution in [2.45, 2.75) is 38.8 Å². The lowest BCUT2D eigenvalue weighted by Crippen LogP contribution is -2.26. The number of methoxy groups -OCH3 is 1. The summed E-state index contributed by atoms with van der Waals surface area (Å²) < 4.78 is 4.94. The van der Waals surface area contributed by atoms with Gasteiger partial charge in [0.15, 0.2) is 5.75 Å². The van der Waals surface area contributed by atoms with Gasteiger partial charge in [-0.25, -0.2) is 0 Å². The number of benzene rings is 1.